The van der Waals surface area contributed by atoms with E-state index in [1.807, 2.05) is 0 Å². The van der Waals surface area contributed by atoms with Crippen LogP contribution < -0.4 is 14.2 Å². The molecule has 0 saturated carbocycles. The standard InChI is InChI=1S/C12H12F5NO4/c1-20-7-4-6(5-8(21-2)9(7)22-3)10(18-19)11(13,14)12(15,16)17/h4-5,19H,1-3H3. The molecule has 0 saturated heterocycles. The van der Waals surface area contributed by atoms with Crippen molar-refractivity contribution in [1.29, 1.82) is 0 Å². The van der Waals surface area contributed by atoms with E-state index in [4.69, 9.17) is 19.4 Å². The van der Waals surface area contributed by atoms with E-state index in [9.17, 15) is 22.0 Å². The van der Waals surface area contributed by atoms with Gasteiger partial charge in [-0.15, -0.1) is 0 Å². The Morgan fingerprint density at radius 3 is 1.68 bits per heavy atom. The molecule has 0 bridgehead atoms. The molecule has 0 fully saturated rings. The lowest BCUT2D eigenvalue weighted by Gasteiger charge is -2.21. The summed E-state index contributed by atoms with van der Waals surface area (Å²) in [5, 5.41) is 10.7. The van der Waals surface area contributed by atoms with Crippen molar-refractivity contribution in [2.45, 2.75) is 12.1 Å². The van der Waals surface area contributed by atoms with E-state index >= 15 is 0 Å². The molecule has 0 spiro atoms. The van der Waals surface area contributed by atoms with E-state index in [1.54, 1.807) is 0 Å². The van der Waals surface area contributed by atoms with Crippen molar-refractivity contribution in [1.82, 2.24) is 0 Å². The molecular weight excluding hydrogens is 317 g/mol. The van der Waals surface area contributed by atoms with Crippen molar-refractivity contribution in [3.63, 3.8) is 0 Å². The first-order valence-electron chi connectivity index (χ1n) is 5.61. The van der Waals surface area contributed by atoms with Crippen LogP contribution in [0, 0.1) is 0 Å². The Balaban J connectivity index is 3.55. The molecular formula is C12H12F5NO4. The van der Waals surface area contributed by atoms with Crippen LogP contribution in [0.2, 0.25) is 0 Å². The van der Waals surface area contributed by atoms with E-state index in [2.05, 4.69) is 5.16 Å². The highest BCUT2D eigenvalue weighted by atomic mass is 19.4. The van der Waals surface area contributed by atoms with Gasteiger partial charge in [-0.25, -0.2) is 0 Å². The van der Waals surface area contributed by atoms with Crippen LogP contribution in [0.3, 0.4) is 0 Å². The Kier molecular flexibility index (Phi) is 5.05. The number of rotatable bonds is 5. The zero-order valence-corrected chi connectivity index (χ0v) is 11.7. The number of halogens is 5. The lowest BCUT2D eigenvalue weighted by molar-refractivity contribution is -0.249. The molecule has 10 heteroatoms. The van der Waals surface area contributed by atoms with E-state index in [0.717, 1.165) is 26.4 Å². The number of ether oxygens (including phenoxy) is 3. The zero-order chi connectivity index (χ0) is 17.1. The maximum atomic E-state index is 13.4. The molecule has 1 N–H and O–H groups in total. The number of hydrogen-bond acceptors (Lipinski definition) is 5. The fraction of sp³-hybridized carbons (Fsp3) is 0.417. The average Bonchev–Trinajstić information content (AvgIpc) is 2.45. The van der Waals surface area contributed by atoms with Gasteiger partial charge in [0.05, 0.1) is 21.3 Å². The summed E-state index contributed by atoms with van der Waals surface area (Å²) in [4.78, 5) is 0. The third-order valence-electron chi connectivity index (χ3n) is 2.69. The van der Waals surface area contributed by atoms with Gasteiger partial charge in [-0.3, -0.25) is 0 Å². The molecule has 0 aliphatic carbocycles. The number of benzene rings is 1. The topological polar surface area (TPSA) is 60.3 Å². The van der Waals surface area contributed by atoms with Crippen LogP contribution in [0.5, 0.6) is 17.2 Å². The largest absolute Gasteiger partial charge is 0.493 e. The van der Waals surface area contributed by atoms with Crippen molar-refractivity contribution in [2.24, 2.45) is 5.16 Å². The van der Waals surface area contributed by atoms with Gasteiger partial charge in [0.2, 0.25) is 5.75 Å². The van der Waals surface area contributed by atoms with Crippen LogP contribution in [0.1, 0.15) is 5.56 Å². The molecule has 0 radical (unpaired) electrons. The van der Waals surface area contributed by atoms with Crippen LogP contribution in [-0.4, -0.2) is 44.3 Å². The van der Waals surface area contributed by atoms with E-state index in [1.165, 1.54) is 7.11 Å². The van der Waals surface area contributed by atoms with E-state index in [-0.39, 0.29) is 17.2 Å². The Labute approximate surface area is 121 Å². The molecule has 0 amide bonds. The lowest BCUT2D eigenvalue weighted by Crippen LogP contribution is -2.44. The van der Waals surface area contributed by atoms with Crippen molar-refractivity contribution in [3.05, 3.63) is 17.7 Å². The summed E-state index contributed by atoms with van der Waals surface area (Å²) in [6.45, 7) is 0. The number of alkyl halides is 5. The Bertz CT molecular complexity index is 546. The Hall–Kier alpha value is -2.26. The van der Waals surface area contributed by atoms with Gasteiger partial charge in [0, 0.05) is 5.56 Å². The lowest BCUT2D eigenvalue weighted by atomic mass is 10.0. The molecule has 1 aromatic rings. The fourth-order valence-electron chi connectivity index (χ4n) is 1.65. The summed E-state index contributed by atoms with van der Waals surface area (Å²) in [6.07, 6.45) is -5.94. The van der Waals surface area contributed by atoms with Gasteiger partial charge in [-0.2, -0.15) is 22.0 Å². The molecule has 0 aliphatic rings. The SMILES string of the molecule is COc1cc(C(=NO)C(F)(F)C(F)(F)F)cc(OC)c1OC. The summed E-state index contributed by atoms with van der Waals surface area (Å²) >= 11 is 0. The number of nitrogens with zero attached hydrogens (tertiary/aromatic N) is 1. The van der Waals surface area contributed by atoms with Gasteiger partial charge in [0.15, 0.2) is 17.2 Å². The first kappa shape index (κ1) is 17.8. The minimum absolute atomic E-state index is 0.0126. The zero-order valence-electron chi connectivity index (χ0n) is 11.7. The predicted octanol–water partition coefficient (Wildman–Crippen LogP) is 3.09. The summed E-state index contributed by atoms with van der Waals surface area (Å²) in [5.74, 6) is -5.72. The van der Waals surface area contributed by atoms with Gasteiger partial charge in [-0.1, -0.05) is 5.16 Å². The summed E-state index contributed by atoms with van der Waals surface area (Å²) in [6, 6.07) is 1.63. The van der Waals surface area contributed by atoms with Gasteiger partial charge in [0.25, 0.3) is 0 Å². The molecule has 1 rings (SSSR count). The van der Waals surface area contributed by atoms with Crippen molar-refractivity contribution >= 4 is 5.71 Å². The molecule has 0 aliphatic heterocycles. The number of oxime groups is 1. The highest BCUT2D eigenvalue weighted by molar-refractivity contribution is 6.06. The predicted molar refractivity (Wildman–Crippen MR) is 65.4 cm³/mol. The fourth-order valence-corrected chi connectivity index (χ4v) is 1.65. The maximum Gasteiger partial charge on any atom is 0.459 e. The minimum Gasteiger partial charge on any atom is -0.493 e. The molecule has 5 nitrogen and oxygen atoms in total. The monoisotopic (exact) mass is 329 g/mol. The van der Waals surface area contributed by atoms with Crippen molar-refractivity contribution in [3.8, 4) is 17.2 Å². The second kappa shape index (κ2) is 6.24. The third-order valence-corrected chi connectivity index (χ3v) is 2.69. The highest BCUT2D eigenvalue weighted by Crippen LogP contribution is 2.43. The number of methoxy groups -OCH3 is 3. The maximum absolute atomic E-state index is 13.4. The first-order valence-corrected chi connectivity index (χ1v) is 5.61. The van der Waals surface area contributed by atoms with Crippen molar-refractivity contribution in [2.75, 3.05) is 21.3 Å². The van der Waals surface area contributed by atoms with E-state index in [0.29, 0.717) is 0 Å². The second-order valence-electron chi connectivity index (χ2n) is 3.93. The summed E-state index contributed by atoms with van der Waals surface area (Å²) in [5.41, 5.74) is -2.63. The summed E-state index contributed by atoms with van der Waals surface area (Å²) in [7, 11) is 3.53. The minimum atomic E-state index is -5.94. The smallest absolute Gasteiger partial charge is 0.459 e. The van der Waals surface area contributed by atoms with Crippen LogP contribution in [0.4, 0.5) is 22.0 Å². The van der Waals surface area contributed by atoms with Crippen LogP contribution in [-0.2, 0) is 0 Å². The second-order valence-corrected chi connectivity index (χ2v) is 3.93. The van der Waals surface area contributed by atoms with Crippen molar-refractivity contribution < 1.29 is 41.4 Å². The average molecular weight is 329 g/mol. The van der Waals surface area contributed by atoms with Crippen LogP contribution in [0.15, 0.2) is 17.3 Å². The molecule has 22 heavy (non-hydrogen) atoms. The third kappa shape index (κ3) is 3.00. The van der Waals surface area contributed by atoms with Gasteiger partial charge < -0.3 is 19.4 Å². The molecule has 0 atom stereocenters. The molecule has 124 valence electrons. The molecule has 0 unspecified atom stereocenters. The molecule has 0 aromatic heterocycles. The number of hydrogen-bond donors (Lipinski definition) is 1. The van der Waals surface area contributed by atoms with Crippen LogP contribution in [0.25, 0.3) is 0 Å². The Morgan fingerprint density at radius 1 is 0.955 bits per heavy atom. The van der Waals surface area contributed by atoms with Gasteiger partial charge in [0.1, 0.15) is 0 Å². The molecule has 1 aromatic carbocycles. The Morgan fingerprint density at radius 2 is 1.41 bits per heavy atom. The van der Waals surface area contributed by atoms with Gasteiger partial charge >= 0.3 is 12.1 Å². The van der Waals surface area contributed by atoms with E-state index < -0.39 is 23.4 Å². The van der Waals surface area contributed by atoms with Crippen LogP contribution >= 0.6 is 0 Å². The first-order chi connectivity index (χ1) is 10.1. The van der Waals surface area contributed by atoms with Gasteiger partial charge in [-0.05, 0) is 12.1 Å². The normalized spacial score (nSPS) is 13.0. The summed E-state index contributed by atoms with van der Waals surface area (Å²) < 4.78 is 78.7. The quantitative estimate of drug-likeness (QED) is 0.390. The highest BCUT2D eigenvalue weighted by Gasteiger charge is 2.62. The molecule has 0 heterocycles.